The molecule has 160 valence electrons. The molecular weight excluding hydrogens is 493 g/mol. The van der Waals surface area contributed by atoms with Gasteiger partial charge in [-0.1, -0.05) is 35.5 Å². The predicted octanol–water partition coefficient (Wildman–Crippen LogP) is 4.39. The third-order valence-corrected chi connectivity index (χ3v) is 4.29. The van der Waals surface area contributed by atoms with E-state index in [1.165, 1.54) is 0 Å². The molecule has 1 heterocycles. The Morgan fingerprint density at radius 3 is 2.60 bits per heavy atom. The van der Waals surface area contributed by atoms with Gasteiger partial charge in [0.25, 0.3) is 0 Å². The number of hydrogen-bond acceptors (Lipinski definition) is 5. The molecule has 8 heteroatoms. The first kappa shape index (κ1) is 23.7. The minimum Gasteiger partial charge on any atom is -0.457 e. The van der Waals surface area contributed by atoms with Crippen molar-refractivity contribution in [2.45, 2.75) is 33.2 Å². The van der Waals surface area contributed by atoms with E-state index in [2.05, 4.69) is 44.8 Å². The van der Waals surface area contributed by atoms with Gasteiger partial charge in [0.15, 0.2) is 11.8 Å². The molecule has 0 radical (unpaired) electrons. The van der Waals surface area contributed by atoms with Crippen LogP contribution in [0.25, 0.3) is 0 Å². The van der Waals surface area contributed by atoms with Gasteiger partial charge in [0.05, 0.1) is 0 Å². The highest BCUT2D eigenvalue weighted by atomic mass is 127. The first-order valence-electron chi connectivity index (χ1n) is 9.70. The van der Waals surface area contributed by atoms with Gasteiger partial charge in [0.2, 0.25) is 5.89 Å². The van der Waals surface area contributed by atoms with Crippen LogP contribution >= 0.6 is 24.0 Å². The number of aliphatic imine (C=N–C) groups is 1. The summed E-state index contributed by atoms with van der Waals surface area (Å²) < 4.78 is 11.2. The fraction of sp³-hybridized carbons (Fsp3) is 0.318. The maximum absolute atomic E-state index is 6.08. The average molecular weight is 521 g/mol. The number of aryl methyl sites for hydroxylation is 3. The number of ether oxygens (including phenoxy) is 1. The van der Waals surface area contributed by atoms with E-state index in [9.17, 15) is 0 Å². The van der Waals surface area contributed by atoms with Crippen molar-refractivity contribution in [1.82, 2.24) is 20.8 Å². The lowest BCUT2D eigenvalue weighted by atomic mass is 10.1. The molecule has 0 unspecified atom stereocenters. The summed E-state index contributed by atoms with van der Waals surface area (Å²) in [5.41, 5.74) is 2.21. The lowest BCUT2D eigenvalue weighted by Crippen LogP contribution is -2.37. The lowest BCUT2D eigenvalue weighted by Gasteiger charge is -2.15. The number of hydrogen-bond donors (Lipinski definition) is 2. The number of para-hydroxylation sites is 1. The van der Waals surface area contributed by atoms with E-state index >= 15 is 0 Å². The highest BCUT2D eigenvalue weighted by molar-refractivity contribution is 14.0. The Kier molecular flexibility index (Phi) is 9.59. The zero-order chi connectivity index (χ0) is 20.5. The fourth-order valence-corrected chi connectivity index (χ4v) is 2.81. The Hall–Kier alpha value is -2.62. The van der Waals surface area contributed by atoms with Crippen LogP contribution < -0.4 is 15.4 Å². The molecule has 30 heavy (non-hydrogen) atoms. The van der Waals surface area contributed by atoms with Gasteiger partial charge in [-0.15, -0.1) is 24.0 Å². The maximum atomic E-state index is 6.08. The molecule has 0 amide bonds. The van der Waals surface area contributed by atoms with Gasteiger partial charge < -0.3 is 19.9 Å². The smallest absolute Gasteiger partial charge is 0.226 e. The van der Waals surface area contributed by atoms with E-state index in [1.807, 2.05) is 43.3 Å². The van der Waals surface area contributed by atoms with Gasteiger partial charge >= 0.3 is 0 Å². The van der Waals surface area contributed by atoms with Gasteiger partial charge in [-0.05, 0) is 44.0 Å². The molecule has 0 bridgehead atoms. The molecule has 1 aromatic heterocycles. The van der Waals surface area contributed by atoms with Crippen LogP contribution in [0.3, 0.4) is 0 Å². The van der Waals surface area contributed by atoms with Crippen molar-refractivity contribution >= 4 is 29.9 Å². The zero-order valence-corrected chi connectivity index (χ0v) is 19.8. The molecule has 3 rings (SSSR count). The SMILES string of the molecule is CN=C(NCCCc1nc(C)no1)NCc1ccc(C)cc1Oc1ccccc1.I. The quantitative estimate of drug-likeness (QED) is 0.198. The van der Waals surface area contributed by atoms with Crippen LogP contribution in [-0.2, 0) is 13.0 Å². The van der Waals surface area contributed by atoms with Gasteiger partial charge in [-0.2, -0.15) is 4.98 Å². The van der Waals surface area contributed by atoms with E-state index in [-0.39, 0.29) is 24.0 Å². The first-order chi connectivity index (χ1) is 14.1. The van der Waals surface area contributed by atoms with E-state index in [1.54, 1.807) is 7.05 Å². The number of guanidine groups is 1. The van der Waals surface area contributed by atoms with E-state index in [4.69, 9.17) is 9.26 Å². The van der Waals surface area contributed by atoms with Crippen LogP contribution in [0.4, 0.5) is 0 Å². The molecule has 0 aliphatic heterocycles. The van der Waals surface area contributed by atoms with E-state index in [0.717, 1.165) is 48.0 Å². The Morgan fingerprint density at radius 1 is 1.10 bits per heavy atom. The predicted molar refractivity (Wildman–Crippen MR) is 129 cm³/mol. The Balaban J connectivity index is 0.00000320. The van der Waals surface area contributed by atoms with Gasteiger partial charge in [-0.25, -0.2) is 0 Å². The molecule has 0 saturated heterocycles. The zero-order valence-electron chi connectivity index (χ0n) is 17.5. The summed E-state index contributed by atoms with van der Waals surface area (Å²) in [4.78, 5) is 8.49. The summed E-state index contributed by atoms with van der Waals surface area (Å²) in [6.45, 7) is 5.23. The molecule has 0 atom stereocenters. The summed E-state index contributed by atoms with van der Waals surface area (Å²) in [6.07, 6.45) is 1.60. The molecule has 0 aliphatic rings. The van der Waals surface area contributed by atoms with Crippen molar-refractivity contribution in [2.75, 3.05) is 13.6 Å². The van der Waals surface area contributed by atoms with Crippen molar-refractivity contribution < 1.29 is 9.26 Å². The van der Waals surface area contributed by atoms with Crippen LogP contribution in [0, 0.1) is 13.8 Å². The summed E-state index contributed by atoms with van der Waals surface area (Å²) >= 11 is 0. The van der Waals surface area contributed by atoms with E-state index in [0.29, 0.717) is 18.3 Å². The summed E-state index contributed by atoms with van der Waals surface area (Å²) in [7, 11) is 1.76. The van der Waals surface area contributed by atoms with Crippen LogP contribution in [0.15, 0.2) is 58.0 Å². The second-order valence-electron chi connectivity index (χ2n) is 6.72. The highest BCUT2D eigenvalue weighted by Gasteiger charge is 2.08. The molecular formula is C22H28IN5O2. The number of nitrogens with zero attached hydrogens (tertiary/aromatic N) is 3. The van der Waals surface area contributed by atoms with Crippen LogP contribution in [0.2, 0.25) is 0 Å². The molecule has 0 spiro atoms. The molecule has 0 aliphatic carbocycles. The second kappa shape index (κ2) is 12.2. The molecule has 0 saturated carbocycles. The van der Waals surface area contributed by atoms with Crippen LogP contribution in [-0.4, -0.2) is 29.7 Å². The molecule has 7 nitrogen and oxygen atoms in total. The number of halogens is 1. The highest BCUT2D eigenvalue weighted by Crippen LogP contribution is 2.26. The fourth-order valence-electron chi connectivity index (χ4n) is 2.81. The summed E-state index contributed by atoms with van der Waals surface area (Å²) in [5.74, 6) is 3.72. The second-order valence-corrected chi connectivity index (χ2v) is 6.72. The Morgan fingerprint density at radius 2 is 1.90 bits per heavy atom. The van der Waals surface area contributed by atoms with Gasteiger partial charge in [0, 0.05) is 32.1 Å². The first-order valence-corrected chi connectivity index (χ1v) is 9.70. The standard InChI is InChI=1S/C22H27N5O2.HI/c1-16-11-12-18(20(14-16)28-19-8-5-4-6-9-19)15-25-22(23-3)24-13-7-10-21-26-17(2)27-29-21;/h4-6,8-9,11-12,14H,7,10,13,15H2,1-3H3,(H2,23,24,25);1H. The number of rotatable bonds is 8. The molecule has 2 N–H and O–H groups in total. The topological polar surface area (TPSA) is 84.6 Å². The van der Waals surface area contributed by atoms with Gasteiger partial charge in [0.1, 0.15) is 11.5 Å². The van der Waals surface area contributed by atoms with Crippen molar-refractivity contribution in [2.24, 2.45) is 4.99 Å². The summed E-state index contributed by atoms with van der Waals surface area (Å²) in [5, 5.41) is 10.4. The number of aromatic nitrogens is 2. The number of nitrogens with one attached hydrogen (secondary N) is 2. The van der Waals surface area contributed by atoms with Crippen molar-refractivity contribution in [3.63, 3.8) is 0 Å². The van der Waals surface area contributed by atoms with Gasteiger partial charge in [-0.3, -0.25) is 4.99 Å². The van der Waals surface area contributed by atoms with Crippen molar-refractivity contribution in [1.29, 1.82) is 0 Å². The van der Waals surface area contributed by atoms with Crippen LogP contribution in [0.1, 0.15) is 29.3 Å². The third-order valence-electron chi connectivity index (χ3n) is 4.29. The maximum Gasteiger partial charge on any atom is 0.226 e. The Bertz CT molecular complexity index is 944. The summed E-state index contributed by atoms with van der Waals surface area (Å²) in [6, 6.07) is 16.0. The van der Waals surface area contributed by atoms with Crippen LogP contribution in [0.5, 0.6) is 11.5 Å². The monoisotopic (exact) mass is 521 g/mol. The normalized spacial score (nSPS) is 11.0. The average Bonchev–Trinajstić information content (AvgIpc) is 3.14. The largest absolute Gasteiger partial charge is 0.457 e. The molecule has 2 aromatic carbocycles. The van der Waals surface area contributed by atoms with E-state index < -0.39 is 0 Å². The molecule has 3 aromatic rings. The minimum atomic E-state index is 0. The minimum absolute atomic E-state index is 0. The number of benzene rings is 2. The van der Waals surface area contributed by atoms with Crippen molar-refractivity contribution in [3.8, 4) is 11.5 Å². The Labute approximate surface area is 194 Å². The third kappa shape index (κ3) is 7.33. The molecule has 0 fully saturated rings. The lowest BCUT2D eigenvalue weighted by molar-refractivity contribution is 0.372. The van der Waals surface area contributed by atoms with Crippen molar-refractivity contribution in [3.05, 3.63) is 71.4 Å².